The summed E-state index contributed by atoms with van der Waals surface area (Å²) in [6.45, 7) is 2.65. The smallest absolute Gasteiger partial charge is 0.407 e. The highest BCUT2D eigenvalue weighted by atomic mass is 16.5. The minimum atomic E-state index is -0.808. The predicted octanol–water partition coefficient (Wildman–Crippen LogP) is 4.31. The minimum Gasteiger partial charge on any atom is -0.481 e. The van der Waals surface area contributed by atoms with Crippen LogP contribution in [0.15, 0.2) is 48.5 Å². The normalized spacial score (nSPS) is 19.0. The Hall–Kier alpha value is -3.35. The molecule has 0 spiro atoms. The maximum Gasteiger partial charge on any atom is 0.407 e. The molecule has 180 valence electrons. The molecular formula is C27H32N2O5. The van der Waals surface area contributed by atoms with Gasteiger partial charge in [-0.15, -0.1) is 0 Å². The van der Waals surface area contributed by atoms with Gasteiger partial charge in [0.2, 0.25) is 5.91 Å². The summed E-state index contributed by atoms with van der Waals surface area (Å²) in [4.78, 5) is 36.0. The van der Waals surface area contributed by atoms with Gasteiger partial charge in [0, 0.05) is 24.9 Å². The predicted molar refractivity (Wildman–Crippen MR) is 128 cm³/mol. The van der Waals surface area contributed by atoms with E-state index in [1.165, 1.54) is 11.1 Å². The molecule has 0 unspecified atom stereocenters. The van der Waals surface area contributed by atoms with Gasteiger partial charge in [-0.3, -0.25) is 9.59 Å². The number of aliphatic carboxylic acids is 1. The summed E-state index contributed by atoms with van der Waals surface area (Å²) in [5.74, 6) is -1.36. The highest BCUT2D eigenvalue weighted by Crippen LogP contribution is 2.44. The fourth-order valence-corrected chi connectivity index (χ4v) is 4.80. The number of hydrogen-bond donors (Lipinski definition) is 3. The molecule has 34 heavy (non-hydrogen) atoms. The number of nitrogens with one attached hydrogen (secondary N) is 2. The number of rotatable bonds is 11. The maximum absolute atomic E-state index is 12.6. The van der Waals surface area contributed by atoms with Crippen molar-refractivity contribution in [1.29, 1.82) is 0 Å². The van der Waals surface area contributed by atoms with Gasteiger partial charge in [0.15, 0.2) is 0 Å². The molecule has 3 atom stereocenters. The third-order valence-electron chi connectivity index (χ3n) is 6.80. The van der Waals surface area contributed by atoms with Crippen molar-refractivity contribution in [2.45, 2.75) is 51.0 Å². The van der Waals surface area contributed by atoms with Crippen LogP contribution in [0.2, 0.25) is 0 Å². The summed E-state index contributed by atoms with van der Waals surface area (Å²) >= 11 is 0. The van der Waals surface area contributed by atoms with E-state index in [0.29, 0.717) is 19.4 Å². The Balaban J connectivity index is 1.30. The van der Waals surface area contributed by atoms with Gasteiger partial charge in [-0.25, -0.2) is 4.79 Å². The summed E-state index contributed by atoms with van der Waals surface area (Å²) in [5, 5.41) is 14.7. The molecule has 0 heterocycles. The molecule has 7 heteroatoms. The first-order valence-electron chi connectivity index (χ1n) is 12.1. The molecular weight excluding hydrogens is 432 g/mol. The molecule has 0 bridgehead atoms. The Bertz CT molecular complexity index is 1010. The van der Waals surface area contributed by atoms with E-state index in [0.717, 1.165) is 24.0 Å². The second-order valence-corrected chi connectivity index (χ2v) is 9.26. The summed E-state index contributed by atoms with van der Waals surface area (Å²) in [6, 6.07) is 16.0. The van der Waals surface area contributed by atoms with Gasteiger partial charge in [0.1, 0.15) is 6.61 Å². The van der Waals surface area contributed by atoms with Crippen molar-refractivity contribution in [3.8, 4) is 11.1 Å². The molecule has 0 aliphatic heterocycles. The van der Waals surface area contributed by atoms with E-state index in [1.807, 2.05) is 24.3 Å². The standard InChI is InChI=1S/C27H32N2O5/c1-2-3-8-18(14-25(30)28-15-17-13-23(17)26(31)32)29-27(33)34-16-24-21-11-6-4-9-19(21)20-10-5-7-12-22(20)24/h4-7,9-12,17-18,23-24H,2-3,8,13-16H2,1H3,(H,28,30)(H,29,33)(H,31,32)/t17-,18-,23-/m1/s1. The second-order valence-electron chi connectivity index (χ2n) is 9.26. The average molecular weight is 465 g/mol. The average Bonchev–Trinajstić information content (AvgIpc) is 3.55. The van der Waals surface area contributed by atoms with Gasteiger partial charge in [-0.1, -0.05) is 68.3 Å². The monoisotopic (exact) mass is 464 g/mol. The van der Waals surface area contributed by atoms with Crippen molar-refractivity contribution in [3.63, 3.8) is 0 Å². The lowest BCUT2D eigenvalue weighted by Gasteiger charge is -2.20. The van der Waals surface area contributed by atoms with E-state index in [4.69, 9.17) is 9.84 Å². The number of carbonyl (C=O) groups is 3. The van der Waals surface area contributed by atoms with Crippen molar-refractivity contribution in [2.75, 3.05) is 13.2 Å². The Morgan fingerprint density at radius 2 is 1.71 bits per heavy atom. The maximum atomic E-state index is 12.6. The van der Waals surface area contributed by atoms with Crippen molar-refractivity contribution in [1.82, 2.24) is 10.6 Å². The summed E-state index contributed by atoms with van der Waals surface area (Å²) in [7, 11) is 0. The molecule has 2 aliphatic carbocycles. The Morgan fingerprint density at radius 1 is 1.06 bits per heavy atom. The molecule has 1 fully saturated rings. The third-order valence-corrected chi connectivity index (χ3v) is 6.80. The molecule has 7 nitrogen and oxygen atoms in total. The van der Waals surface area contributed by atoms with Crippen molar-refractivity contribution >= 4 is 18.0 Å². The zero-order valence-electron chi connectivity index (χ0n) is 19.5. The van der Waals surface area contributed by atoms with E-state index >= 15 is 0 Å². The van der Waals surface area contributed by atoms with Crippen LogP contribution in [0, 0.1) is 11.8 Å². The number of amides is 2. The number of benzene rings is 2. The Morgan fingerprint density at radius 3 is 2.29 bits per heavy atom. The van der Waals surface area contributed by atoms with Crippen LogP contribution in [0.4, 0.5) is 4.79 Å². The number of unbranched alkanes of at least 4 members (excludes halogenated alkanes) is 1. The van der Waals surface area contributed by atoms with E-state index in [1.54, 1.807) is 0 Å². The number of fused-ring (bicyclic) bond motifs is 3. The summed E-state index contributed by atoms with van der Waals surface area (Å²) in [6.07, 6.45) is 2.73. The second kappa shape index (κ2) is 10.7. The number of carboxylic acids is 1. The van der Waals surface area contributed by atoms with Crippen LogP contribution in [0.3, 0.4) is 0 Å². The van der Waals surface area contributed by atoms with Gasteiger partial charge in [0.25, 0.3) is 0 Å². The summed E-state index contributed by atoms with van der Waals surface area (Å²) < 4.78 is 5.63. The zero-order valence-corrected chi connectivity index (χ0v) is 19.5. The lowest BCUT2D eigenvalue weighted by Crippen LogP contribution is -2.40. The molecule has 2 aromatic rings. The van der Waals surface area contributed by atoms with Gasteiger partial charge >= 0.3 is 12.1 Å². The van der Waals surface area contributed by atoms with E-state index < -0.39 is 12.1 Å². The van der Waals surface area contributed by atoms with Gasteiger partial charge in [-0.2, -0.15) is 0 Å². The van der Waals surface area contributed by atoms with E-state index in [9.17, 15) is 14.4 Å². The molecule has 3 N–H and O–H groups in total. The van der Waals surface area contributed by atoms with Gasteiger partial charge in [-0.05, 0) is 41.0 Å². The summed E-state index contributed by atoms with van der Waals surface area (Å²) in [5.41, 5.74) is 4.65. The number of carboxylic acid groups (broad SMARTS) is 1. The van der Waals surface area contributed by atoms with Crippen LogP contribution in [0.25, 0.3) is 11.1 Å². The van der Waals surface area contributed by atoms with Crippen molar-refractivity contribution in [2.24, 2.45) is 11.8 Å². The fraction of sp³-hybridized carbons (Fsp3) is 0.444. The highest BCUT2D eigenvalue weighted by molar-refractivity contribution is 5.80. The van der Waals surface area contributed by atoms with E-state index in [2.05, 4.69) is 41.8 Å². The number of carbonyl (C=O) groups excluding carboxylic acids is 2. The highest BCUT2D eigenvalue weighted by Gasteiger charge is 2.43. The molecule has 0 saturated heterocycles. The molecule has 2 aliphatic rings. The molecule has 0 aromatic heterocycles. The quantitative estimate of drug-likeness (QED) is 0.460. The fourth-order valence-electron chi connectivity index (χ4n) is 4.80. The molecule has 1 saturated carbocycles. The molecule has 4 rings (SSSR count). The molecule has 2 amide bonds. The van der Waals surface area contributed by atoms with Crippen LogP contribution < -0.4 is 10.6 Å². The van der Waals surface area contributed by atoms with Gasteiger partial charge in [0.05, 0.1) is 5.92 Å². The zero-order chi connectivity index (χ0) is 24.1. The number of ether oxygens (including phenoxy) is 1. The van der Waals surface area contributed by atoms with Gasteiger partial charge < -0.3 is 20.5 Å². The Labute approximate surface area is 199 Å². The molecule has 0 radical (unpaired) electrons. The van der Waals surface area contributed by atoms with Crippen LogP contribution >= 0.6 is 0 Å². The largest absolute Gasteiger partial charge is 0.481 e. The Kier molecular flexibility index (Phi) is 7.50. The van der Waals surface area contributed by atoms with Crippen LogP contribution in [-0.2, 0) is 14.3 Å². The lowest BCUT2D eigenvalue weighted by atomic mass is 9.98. The first-order valence-corrected chi connectivity index (χ1v) is 12.1. The topological polar surface area (TPSA) is 105 Å². The number of alkyl carbamates (subject to hydrolysis) is 1. The van der Waals surface area contributed by atoms with Crippen LogP contribution in [-0.4, -0.2) is 42.3 Å². The third kappa shape index (κ3) is 5.58. The first-order chi connectivity index (χ1) is 16.5. The number of hydrogen-bond acceptors (Lipinski definition) is 4. The van der Waals surface area contributed by atoms with Crippen molar-refractivity contribution < 1.29 is 24.2 Å². The minimum absolute atomic E-state index is 0.00522. The van der Waals surface area contributed by atoms with E-state index in [-0.39, 0.29) is 42.7 Å². The molecule has 2 aromatic carbocycles. The van der Waals surface area contributed by atoms with Crippen LogP contribution in [0.1, 0.15) is 56.1 Å². The lowest BCUT2D eigenvalue weighted by molar-refractivity contribution is -0.139. The van der Waals surface area contributed by atoms with Crippen molar-refractivity contribution in [3.05, 3.63) is 59.7 Å². The SMILES string of the molecule is CCCC[C@H](CC(=O)NC[C@H]1C[C@H]1C(=O)O)NC(=O)OCC1c2ccccc2-c2ccccc21. The van der Waals surface area contributed by atoms with Crippen LogP contribution in [0.5, 0.6) is 0 Å². The first kappa shape index (κ1) is 23.8.